The van der Waals surface area contributed by atoms with Gasteiger partial charge in [0.25, 0.3) is 0 Å². The van der Waals surface area contributed by atoms with Gasteiger partial charge in [-0.25, -0.2) is 0 Å². The first kappa shape index (κ1) is 16.7. The van der Waals surface area contributed by atoms with Gasteiger partial charge in [-0.2, -0.15) is 0 Å². The number of rotatable bonds is 5. The quantitative estimate of drug-likeness (QED) is 0.825. The zero-order valence-corrected chi connectivity index (χ0v) is 14.2. The van der Waals surface area contributed by atoms with Gasteiger partial charge in [0.1, 0.15) is 5.54 Å². The highest BCUT2D eigenvalue weighted by Gasteiger charge is 2.64. The lowest BCUT2D eigenvalue weighted by Gasteiger charge is -2.58. The monoisotopic (exact) mass is 297 g/mol. The smallest absolute Gasteiger partial charge is 0.243 e. The van der Waals surface area contributed by atoms with Crippen LogP contribution in [0.1, 0.15) is 40.0 Å². The number of hydrogen-bond acceptors (Lipinski definition) is 4. The van der Waals surface area contributed by atoms with E-state index in [2.05, 4.69) is 32.8 Å². The van der Waals surface area contributed by atoms with E-state index in [1.165, 1.54) is 0 Å². The fraction of sp³-hybridized carbons (Fsp3) is 0.938. The molecule has 1 saturated heterocycles. The standard InChI is InChI=1S/C16H31N3O2/c1-6-21-13-10-16(17,15(13,2)3)14(20)19-9-7-8-12(19)11-18(4)5/h12-13H,6-11,17H2,1-5H3. The number of nitrogens with zero attached hydrogens (tertiary/aromatic N) is 2. The molecule has 1 aliphatic heterocycles. The Morgan fingerprint density at radius 1 is 1.43 bits per heavy atom. The predicted molar refractivity (Wildman–Crippen MR) is 84.0 cm³/mol. The van der Waals surface area contributed by atoms with Gasteiger partial charge in [0, 0.05) is 37.6 Å². The molecule has 0 bridgehead atoms. The van der Waals surface area contributed by atoms with E-state index in [4.69, 9.17) is 10.5 Å². The minimum Gasteiger partial charge on any atom is -0.378 e. The minimum absolute atomic E-state index is 0.0892. The summed E-state index contributed by atoms with van der Waals surface area (Å²) in [5.74, 6) is 0.118. The Morgan fingerprint density at radius 2 is 2.10 bits per heavy atom. The summed E-state index contributed by atoms with van der Waals surface area (Å²) in [5, 5.41) is 0. The lowest BCUT2D eigenvalue weighted by Crippen LogP contribution is -2.76. The van der Waals surface area contributed by atoms with Crippen LogP contribution in [0, 0.1) is 5.41 Å². The fourth-order valence-electron chi connectivity index (χ4n) is 3.77. The molecule has 1 heterocycles. The highest BCUT2D eigenvalue weighted by molar-refractivity contribution is 5.89. The van der Waals surface area contributed by atoms with E-state index < -0.39 is 5.54 Å². The molecule has 2 N–H and O–H groups in total. The fourth-order valence-corrected chi connectivity index (χ4v) is 3.77. The van der Waals surface area contributed by atoms with Crippen molar-refractivity contribution < 1.29 is 9.53 Å². The molecule has 1 amide bonds. The number of hydrogen-bond donors (Lipinski definition) is 1. The van der Waals surface area contributed by atoms with Gasteiger partial charge in [0.15, 0.2) is 0 Å². The van der Waals surface area contributed by atoms with Crippen LogP contribution in [-0.4, -0.2) is 67.2 Å². The van der Waals surface area contributed by atoms with Crippen molar-refractivity contribution in [1.29, 1.82) is 0 Å². The Balaban J connectivity index is 2.09. The maximum Gasteiger partial charge on any atom is 0.243 e. The molecule has 2 aliphatic rings. The SMILES string of the molecule is CCOC1CC(N)(C(=O)N2CCCC2CN(C)C)C1(C)C. The second-order valence-electron chi connectivity index (χ2n) is 7.40. The third-order valence-electron chi connectivity index (χ3n) is 5.43. The Morgan fingerprint density at radius 3 is 2.62 bits per heavy atom. The van der Waals surface area contributed by atoms with Crippen molar-refractivity contribution in [1.82, 2.24) is 9.80 Å². The molecular formula is C16H31N3O2. The Labute approximate surface area is 128 Å². The maximum atomic E-state index is 13.0. The van der Waals surface area contributed by atoms with Crippen LogP contribution < -0.4 is 5.73 Å². The number of likely N-dealkylation sites (N-methyl/N-ethyl adjacent to an activating group) is 1. The summed E-state index contributed by atoms with van der Waals surface area (Å²) in [6, 6.07) is 0.301. The highest BCUT2D eigenvalue weighted by atomic mass is 16.5. The Hall–Kier alpha value is -0.650. The Kier molecular flexibility index (Phi) is 4.66. The number of likely N-dealkylation sites (tertiary alicyclic amines) is 1. The van der Waals surface area contributed by atoms with Crippen LogP contribution in [0.2, 0.25) is 0 Å². The molecule has 1 aliphatic carbocycles. The molecule has 122 valence electrons. The Bertz CT molecular complexity index is 397. The topological polar surface area (TPSA) is 58.8 Å². The summed E-state index contributed by atoms with van der Waals surface area (Å²) in [6.45, 7) is 8.54. The summed E-state index contributed by atoms with van der Waals surface area (Å²) in [4.78, 5) is 17.2. The van der Waals surface area contributed by atoms with Crippen LogP contribution in [-0.2, 0) is 9.53 Å². The zero-order chi connectivity index (χ0) is 15.8. The average molecular weight is 297 g/mol. The average Bonchev–Trinajstić information content (AvgIpc) is 2.84. The van der Waals surface area contributed by atoms with E-state index >= 15 is 0 Å². The second kappa shape index (κ2) is 5.86. The molecule has 0 radical (unpaired) electrons. The van der Waals surface area contributed by atoms with E-state index in [1.807, 2.05) is 11.8 Å². The first-order valence-electron chi connectivity index (χ1n) is 8.10. The van der Waals surface area contributed by atoms with Crippen molar-refractivity contribution in [3.63, 3.8) is 0 Å². The predicted octanol–water partition coefficient (Wildman–Crippen LogP) is 1.07. The van der Waals surface area contributed by atoms with Crippen LogP contribution in [0.5, 0.6) is 0 Å². The van der Waals surface area contributed by atoms with Crippen molar-refractivity contribution in [2.45, 2.75) is 57.7 Å². The highest BCUT2D eigenvalue weighted by Crippen LogP contribution is 2.51. The normalized spacial score (nSPS) is 35.1. The van der Waals surface area contributed by atoms with E-state index in [1.54, 1.807) is 0 Å². The summed E-state index contributed by atoms with van der Waals surface area (Å²) >= 11 is 0. The number of carbonyl (C=O) groups excluding carboxylic acids is 1. The summed E-state index contributed by atoms with van der Waals surface area (Å²) in [5.41, 5.74) is 5.46. The van der Waals surface area contributed by atoms with Crippen LogP contribution >= 0.6 is 0 Å². The van der Waals surface area contributed by atoms with E-state index in [0.29, 0.717) is 19.1 Å². The molecule has 5 nitrogen and oxygen atoms in total. The minimum atomic E-state index is -0.776. The third kappa shape index (κ3) is 2.71. The largest absolute Gasteiger partial charge is 0.378 e. The summed E-state index contributed by atoms with van der Waals surface area (Å²) in [7, 11) is 4.11. The van der Waals surface area contributed by atoms with Gasteiger partial charge in [0.2, 0.25) is 5.91 Å². The third-order valence-corrected chi connectivity index (χ3v) is 5.43. The molecule has 3 unspecified atom stereocenters. The molecule has 1 saturated carbocycles. The van der Waals surface area contributed by atoms with Crippen molar-refractivity contribution in [3.05, 3.63) is 0 Å². The van der Waals surface area contributed by atoms with Crippen LogP contribution in [0.25, 0.3) is 0 Å². The first-order chi connectivity index (χ1) is 9.74. The molecule has 5 heteroatoms. The van der Waals surface area contributed by atoms with Crippen molar-refractivity contribution in [2.75, 3.05) is 33.8 Å². The lowest BCUT2D eigenvalue weighted by atomic mass is 9.54. The van der Waals surface area contributed by atoms with Crippen molar-refractivity contribution in [3.8, 4) is 0 Å². The molecule has 0 aromatic rings. The summed E-state index contributed by atoms with van der Waals surface area (Å²) in [6.07, 6.45) is 2.88. The molecule has 2 fully saturated rings. The zero-order valence-electron chi connectivity index (χ0n) is 14.2. The van der Waals surface area contributed by atoms with E-state index in [-0.39, 0.29) is 17.4 Å². The molecule has 21 heavy (non-hydrogen) atoms. The number of carbonyl (C=O) groups is 1. The van der Waals surface area contributed by atoms with Gasteiger partial charge in [0.05, 0.1) is 6.10 Å². The van der Waals surface area contributed by atoms with Gasteiger partial charge in [-0.05, 0) is 33.9 Å². The number of amides is 1. The lowest BCUT2D eigenvalue weighted by molar-refractivity contribution is -0.180. The van der Waals surface area contributed by atoms with Crippen molar-refractivity contribution >= 4 is 5.91 Å². The first-order valence-corrected chi connectivity index (χ1v) is 8.10. The van der Waals surface area contributed by atoms with Crippen LogP contribution in [0.15, 0.2) is 0 Å². The summed E-state index contributed by atoms with van der Waals surface area (Å²) < 4.78 is 5.73. The van der Waals surface area contributed by atoms with Crippen molar-refractivity contribution in [2.24, 2.45) is 11.1 Å². The van der Waals surface area contributed by atoms with Gasteiger partial charge < -0.3 is 20.3 Å². The maximum absolute atomic E-state index is 13.0. The number of ether oxygens (including phenoxy) is 1. The molecule has 0 aromatic carbocycles. The number of nitrogens with two attached hydrogens (primary N) is 1. The van der Waals surface area contributed by atoms with Gasteiger partial charge >= 0.3 is 0 Å². The molecule has 0 spiro atoms. The molecule has 3 atom stereocenters. The molecule has 0 aromatic heterocycles. The second-order valence-corrected chi connectivity index (χ2v) is 7.40. The molecular weight excluding hydrogens is 266 g/mol. The van der Waals surface area contributed by atoms with Gasteiger partial charge in [-0.1, -0.05) is 13.8 Å². The van der Waals surface area contributed by atoms with E-state index in [9.17, 15) is 4.79 Å². The van der Waals surface area contributed by atoms with Crippen LogP contribution in [0.4, 0.5) is 0 Å². The molecule has 2 rings (SSSR count). The van der Waals surface area contributed by atoms with E-state index in [0.717, 1.165) is 25.9 Å². The van der Waals surface area contributed by atoms with Gasteiger partial charge in [-0.3, -0.25) is 4.79 Å². The van der Waals surface area contributed by atoms with Crippen LogP contribution in [0.3, 0.4) is 0 Å². The van der Waals surface area contributed by atoms with Gasteiger partial charge in [-0.15, -0.1) is 0 Å².